The average molecular weight is 842 g/mol. The summed E-state index contributed by atoms with van der Waals surface area (Å²) >= 11 is 6.41. The molecule has 2 aromatic carbocycles. The number of benzene rings is 2. The van der Waals surface area contributed by atoms with E-state index in [0.717, 1.165) is 46.5 Å². The maximum Gasteiger partial charge on any atom is 0.490 e. The molecule has 58 heavy (non-hydrogen) atoms. The maximum absolute atomic E-state index is 14.7. The third-order valence-corrected chi connectivity index (χ3v) is 9.59. The molecular weight excluding hydrogens is 800 g/mol. The summed E-state index contributed by atoms with van der Waals surface area (Å²) in [7, 11) is 4.10. The van der Waals surface area contributed by atoms with Gasteiger partial charge in [-0.25, -0.2) is 19.4 Å². The van der Waals surface area contributed by atoms with E-state index in [4.69, 9.17) is 31.4 Å². The lowest BCUT2D eigenvalue weighted by Crippen LogP contribution is -2.58. The molecule has 1 fully saturated rings. The number of pyridine rings is 1. The normalized spacial score (nSPS) is 16.6. The number of para-hydroxylation sites is 1. The predicted octanol–water partition coefficient (Wildman–Crippen LogP) is 6.25. The molecule has 2 unspecified atom stereocenters. The summed E-state index contributed by atoms with van der Waals surface area (Å²) in [4.78, 5) is 62.2. The Kier molecular flexibility index (Phi) is 15.0. The number of nitrogens with zero attached hydrogens (tertiary/aromatic N) is 5. The van der Waals surface area contributed by atoms with E-state index < -0.39 is 30.3 Å². The van der Waals surface area contributed by atoms with E-state index in [-0.39, 0.29) is 23.8 Å². The summed E-state index contributed by atoms with van der Waals surface area (Å²) in [5, 5.41) is 19.2. The number of urea groups is 1. The van der Waals surface area contributed by atoms with Crippen molar-refractivity contribution < 1.29 is 55.7 Å². The summed E-state index contributed by atoms with van der Waals surface area (Å²) < 4.78 is 63.5. The highest BCUT2D eigenvalue weighted by atomic mass is 35.5. The third kappa shape index (κ3) is 12.0. The SMILES string of the molecule is CC(c1c[nH]c2ccccc12)C(NC(=O)N1CCN(c2ccccn2)CC1)C(=O)N1C[C@@H](CN(C)C)Cc2cc(Cl)ccc21.O=C(O)C(F)(F)F.O=C(O)C(F)(F)F. The number of carbonyl (C=O) groups is 4. The van der Waals surface area contributed by atoms with Gasteiger partial charge in [0.25, 0.3) is 0 Å². The number of H-pyrrole nitrogens is 1. The summed E-state index contributed by atoms with van der Waals surface area (Å²) in [5.41, 5.74) is 3.92. The third-order valence-electron chi connectivity index (χ3n) is 9.35. The number of rotatable bonds is 7. The van der Waals surface area contributed by atoms with Gasteiger partial charge in [0.05, 0.1) is 0 Å². The van der Waals surface area contributed by atoms with Gasteiger partial charge in [-0.1, -0.05) is 42.8 Å². The molecule has 3 atom stereocenters. The number of aromatic nitrogens is 2. The molecule has 1 saturated heterocycles. The molecule has 6 rings (SSSR count). The maximum atomic E-state index is 14.7. The lowest BCUT2D eigenvalue weighted by molar-refractivity contribution is -0.193. The van der Waals surface area contributed by atoms with Gasteiger partial charge in [-0.15, -0.1) is 0 Å². The van der Waals surface area contributed by atoms with Crippen LogP contribution in [0.1, 0.15) is 24.0 Å². The summed E-state index contributed by atoms with van der Waals surface area (Å²) in [6, 6.07) is 18.7. The Morgan fingerprint density at radius 3 is 2.10 bits per heavy atom. The van der Waals surface area contributed by atoms with Crippen molar-refractivity contribution in [3.05, 3.63) is 89.2 Å². The van der Waals surface area contributed by atoms with E-state index >= 15 is 0 Å². The Labute approximate surface area is 334 Å². The molecule has 0 aliphatic carbocycles. The van der Waals surface area contributed by atoms with Gasteiger partial charge in [0.15, 0.2) is 0 Å². The Bertz CT molecular complexity index is 2020. The number of hydrogen-bond donors (Lipinski definition) is 4. The Balaban J connectivity index is 0.000000456. The average Bonchev–Trinajstić information content (AvgIpc) is 3.60. The number of halogens is 7. The molecule has 0 saturated carbocycles. The Morgan fingerprint density at radius 2 is 1.53 bits per heavy atom. The highest BCUT2D eigenvalue weighted by Gasteiger charge is 2.40. The fourth-order valence-electron chi connectivity index (χ4n) is 6.68. The zero-order valence-corrected chi connectivity index (χ0v) is 32.3. The van der Waals surface area contributed by atoms with E-state index in [1.807, 2.05) is 72.6 Å². The van der Waals surface area contributed by atoms with Crippen LogP contribution in [-0.2, 0) is 20.8 Å². The van der Waals surface area contributed by atoms with Gasteiger partial charge in [-0.3, -0.25) is 4.79 Å². The first-order valence-electron chi connectivity index (χ1n) is 17.8. The molecule has 2 aromatic heterocycles. The molecule has 4 heterocycles. The number of carboxylic acids is 2. The minimum absolute atomic E-state index is 0.115. The van der Waals surface area contributed by atoms with Gasteiger partial charge in [0.2, 0.25) is 5.91 Å². The minimum Gasteiger partial charge on any atom is -0.475 e. The molecule has 3 amide bonds. The number of piperazine rings is 1. The van der Waals surface area contributed by atoms with Gasteiger partial charge >= 0.3 is 30.3 Å². The van der Waals surface area contributed by atoms with Gasteiger partial charge in [-0.05, 0) is 74.0 Å². The van der Waals surface area contributed by atoms with Crippen LogP contribution in [0.2, 0.25) is 5.02 Å². The fraction of sp³-hybridized carbons (Fsp3) is 0.395. The predicted molar refractivity (Wildman–Crippen MR) is 204 cm³/mol. The zero-order chi connectivity index (χ0) is 42.9. The van der Waals surface area contributed by atoms with E-state index in [1.165, 1.54) is 0 Å². The zero-order valence-electron chi connectivity index (χ0n) is 31.5. The second-order valence-electron chi connectivity index (χ2n) is 13.8. The van der Waals surface area contributed by atoms with Crippen molar-refractivity contribution in [2.45, 2.75) is 37.7 Å². The van der Waals surface area contributed by atoms with Crippen molar-refractivity contribution in [1.29, 1.82) is 0 Å². The highest BCUT2D eigenvalue weighted by Crippen LogP contribution is 2.35. The molecule has 2 aliphatic rings. The quantitative estimate of drug-likeness (QED) is 0.158. The number of aromatic amines is 1. The molecule has 4 N–H and O–H groups in total. The number of carbonyl (C=O) groups excluding carboxylic acids is 2. The number of hydrogen-bond acceptors (Lipinski definition) is 7. The van der Waals surface area contributed by atoms with E-state index in [9.17, 15) is 35.9 Å². The first-order chi connectivity index (χ1) is 27.2. The summed E-state index contributed by atoms with van der Waals surface area (Å²) in [6.07, 6.45) is -5.58. The first kappa shape index (κ1) is 45.1. The van der Waals surface area contributed by atoms with Crippen LogP contribution in [0.15, 0.2) is 73.1 Å². The van der Waals surface area contributed by atoms with Crippen molar-refractivity contribution in [3.63, 3.8) is 0 Å². The molecule has 4 aromatic rings. The molecule has 0 bridgehead atoms. The molecular formula is C38H42ClF6N7O6. The van der Waals surface area contributed by atoms with E-state index in [2.05, 4.69) is 45.2 Å². The first-order valence-corrected chi connectivity index (χ1v) is 18.2. The number of amides is 3. The highest BCUT2D eigenvalue weighted by molar-refractivity contribution is 6.30. The van der Waals surface area contributed by atoms with Crippen molar-refractivity contribution in [2.75, 3.05) is 63.2 Å². The van der Waals surface area contributed by atoms with Crippen LogP contribution in [-0.4, -0.2) is 126 Å². The van der Waals surface area contributed by atoms with Crippen molar-refractivity contribution in [3.8, 4) is 0 Å². The van der Waals surface area contributed by atoms with Crippen LogP contribution >= 0.6 is 11.6 Å². The Morgan fingerprint density at radius 1 is 0.931 bits per heavy atom. The molecule has 314 valence electrons. The van der Waals surface area contributed by atoms with Crippen molar-refractivity contribution in [1.82, 2.24) is 25.1 Å². The van der Waals surface area contributed by atoms with Crippen LogP contribution in [0, 0.1) is 5.92 Å². The van der Waals surface area contributed by atoms with Gasteiger partial charge in [0, 0.05) is 79.2 Å². The second kappa shape index (κ2) is 19.3. The number of anilines is 2. The topological polar surface area (TPSA) is 162 Å². The van der Waals surface area contributed by atoms with Crippen LogP contribution in [0.4, 0.5) is 42.6 Å². The van der Waals surface area contributed by atoms with Crippen LogP contribution in [0.25, 0.3) is 10.9 Å². The fourth-order valence-corrected chi connectivity index (χ4v) is 6.88. The molecule has 0 radical (unpaired) electrons. The number of aliphatic carboxylic acids is 2. The van der Waals surface area contributed by atoms with Gasteiger partial charge in [0.1, 0.15) is 11.9 Å². The lowest BCUT2D eigenvalue weighted by Gasteiger charge is -2.40. The molecule has 0 spiro atoms. The monoisotopic (exact) mass is 841 g/mol. The van der Waals surface area contributed by atoms with E-state index in [1.54, 1.807) is 11.1 Å². The Hall–Kier alpha value is -5.56. The van der Waals surface area contributed by atoms with Crippen molar-refractivity contribution in [2.24, 2.45) is 5.92 Å². The van der Waals surface area contributed by atoms with Crippen LogP contribution in [0.5, 0.6) is 0 Å². The van der Waals surface area contributed by atoms with Gasteiger partial charge < -0.3 is 40.1 Å². The molecule has 2 aliphatic heterocycles. The second-order valence-corrected chi connectivity index (χ2v) is 14.3. The van der Waals surface area contributed by atoms with Crippen LogP contribution < -0.4 is 15.1 Å². The van der Waals surface area contributed by atoms with Gasteiger partial charge in [-0.2, -0.15) is 26.3 Å². The number of alkyl halides is 6. The minimum atomic E-state index is -5.08. The number of carboxylic acid groups (broad SMARTS) is 2. The van der Waals surface area contributed by atoms with Crippen molar-refractivity contribution >= 4 is 57.9 Å². The number of fused-ring (bicyclic) bond motifs is 2. The standard InChI is InChI=1S/C34H40ClN7O2.2C2HF3O2/c1-23(28-20-37-29-9-5-4-8-27(28)29)32(38-34(44)41-16-14-40(15-17-41)31-10-6-7-13-36-31)33(43)42-22-24(21-39(2)3)18-25-19-26(35)11-12-30(25)42;2*3-2(4,5)1(6)7/h4-13,19-20,23-24,32,37H,14-18,21-22H2,1-3H3,(H,38,44);2*(H,6,7)/t23?,24-,32?;;/m1../s1. The number of nitrogens with one attached hydrogen (secondary N) is 2. The summed E-state index contributed by atoms with van der Waals surface area (Å²) in [6.45, 7) is 5.87. The summed E-state index contributed by atoms with van der Waals surface area (Å²) in [5.74, 6) is -4.78. The lowest BCUT2D eigenvalue weighted by atomic mass is 9.88. The van der Waals surface area contributed by atoms with E-state index in [0.29, 0.717) is 37.7 Å². The largest absolute Gasteiger partial charge is 0.490 e. The molecule has 13 nitrogen and oxygen atoms in total. The smallest absolute Gasteiger partial charge is 0.475 e. The van der Waals surface area contributed by atoms with Crippen LogP contribution in [0.3, 0.4) is 0 Å². The molecule has 20 heteroatoms.